The molecular weight excluding hydrogens is 512 g/mol. The van der Waals surface area contributed by atoms with Crippen molar-refractivity contribution in [2.45, 2.75) is 45.3 Å². The smallest absolute Gasteiger partial charge is 0.174 e. The van der Waals surface area contributed by atoms with Crippen molar-refractivity contribution in [3.63, 3.8) is 0 Å². The Balaban J connectivity index is 1.39. The molecule has 2 aliphatic heterocycles. The average molecular weight is 547 g/mol. The summed E-state index contributed by atoms with van der Waals surface area (Å²) in [6, 6.07) is 28.9. The lowest BCUT2D eigenvalue weighted by Crippen LogP contribution is -2.42. The Kier molecular flexibility index (Phi) is 6.59. The van der Waals surface area contributed by atoms with Crippen LogP contribution in [0.15, 0.2) is 97.2 Å². The topological polar surface area (TPSA) is 40.6 Å². The molecule has 2 aliphatic rings. The number of allylic oxidation sites excluding steroid dienone is 1. The van der Waals surface area contributed by atoms with E-state index < -0.39 is 0 Å². The number of rotatable bonds is 5. The Bertz CT molecular complexity index is 1580. The molecule has 1 saturated heterocycles. The Morgan fingerprint density at radius 3 is 2.27 bits per heavy atom. The third-order valence-electron chi connectivity index (χ3n) is 8.05. The van der Waals surface area contributed by atoms with Crippen molar-refractivity contribution in [1.29, 1.82) is 0 Å². The van der Waals surface area contributed by atoms with E-state index in [0.29, 0.717) is 5.11 Å². The number of thiocarbonyl (C=S) groups is 1. The molecule has 202 valence electrons. The van der Waals surface area contributed by atoms with Crippen LogP contribution in [0.25, 0.3) is 5.57 Å². The molecule has 0 aliphatic carbocycles. The number of fused-ring (bicyclic) bond motifs is 1. The average Bonchev–Trinajstić information content (AvgIpc) is 3.30. The first-order chi connectivity index (χ1) is 19.2. The maximum absolute atomic E-state index is 6.09. The van der Waals surface area contributed by atoms with Crippen molar-refractivity contribution < 1.29 is 4.74 Å². The van der Waals surface area contributed by atoms with E-state index in [1.165, 1.54) is 28.0 Å². The number of nitrogens with zero attached hydrogens (tertiary/aromatic N) is 3. The summed E-state index contributed by atoms with van der Waals surface area (Å²) in [5.41, 5.74) is 8.07. The minimum atomic E-state index is -0.0997. The lowest BCUT2D eigenvalue weighted by atomic mass is 9.86. The highest BCUT2D eigenvalue weighted by Gasteiger charge is 2.41. The third kappa shape index (κ3) is 4.73. The molecule has 0 amide bonds. The minimum Gasteiger partial charge on any atom is -0.457 e. The van der Waals surface area contributed by atoms with E-state index in [0.717, 1.165) is 22.9 Å². The summed E-state index contributed by atoms with van der Waals surface area (Å²) in [5, 5.41) is 4.26. The van der Waals surface area contributed by atoms with Crippen molar-refractivity contribution in [2.75, 3.05) is 16.8 Å². The van der Waals surface area contributed by atoms with Crippen LogP contribution in [0.1, 0.15) is 55.2 Å². The van der Waals surface area contributed by atoms with Gasteiger partial charge in [-0.25, -0.2) is 0 Å². The van der Waals surface area contributed by atoms with Gasteiger partial charge in [0.1, 0.15) is 11.5 Å². The van der Waals surface area contributed by atoms with Crippen LogP contribution in [0.5, 0.6) is 11.5 Å². The van der Waals surface area contributed by atoms with Crippen molar-refractivity contribution >= 4 is 34.3 Å². The predicted octanol–water partition coefficient (Wildman–Crippen LogP) is 7.99. The summed E-state index contributed by atoms with van der Waals surface area (Å²) in [6.45, 7) is 8.77. The fourth-order valence-corrected chi connectivity index (χ4v) is 6.10. The van der Waals surface area contributed by atoms with Gasteiger partial charge in [0.2, 0.25) is 0 Å². The molecule has 3 aromatic carbocycles. The molecule has 0 spiro atoms. The fraction of sp³-hybridized carbons (Fsp3) is 0.235. The van der Waals surface area contributed by atoms with Gasteiger partial charge in [0.05, 0.1) is 23.3 Å². The van der Waals surface area contributed by atoms with Gasteiger partial charge in [0.15, 0.2) is 5.11 Å². The van der Waals surface area contributed by atoms with Crippen LogP contribution >= 0.6 is 12.2 Å². The number of benzene rings is 3. The number of hydrogen-bond acceptors (Lipinski definition) is 4. The molecule has 0 unspecified atom stereocenters. The fourth-order valence-electron chi connectivity index (χ4n) is 5.75. The Labute approximate surface area is 242 Å². The van der Waals surface area contributed by atoms with Crippen LogP contribution in [0.2, 0.25) is 0 Å². The van der Waals surface area contributed by atoms with E-state index in [4.69, 9.17) is 21.9 Å². The quantitative estimate of drug-likeness (QED) is 0.256. The van der Waals surface area contributed by atoms with Gasteiger partial charge in [-0.05, 0) is 112 Å². The zero-order chi connectivity index (χ0) is 28.0. The number of anilines is 2. The van der Waals surface area contributed by atoms with Gasteiger partial charge in [-0.3, -0.25) is 4.98 Å². The van der Waals surface area contributed by atoms with Crippen LogP contribution in [0, 0.1) is 6.92 Å². The number of aromatic nitrogens is 1. The summed E-state index contributed by atoms with van der Waals surface area (Å²) in [5.74, 6) is 1.60. The van der Waals surface area contributed by atoms with Gasteiger partial charge in [-0.1, -0.05) is 35.9 Å². The lowest BCUT2D eigenvalue weighted by Gasteiger charge is -2.41. The molecule has 1 fully saturated rings. The first-order valence-electron chi connectivity index (χ1n) is 13.6. The summed E-state index contributed by atoms with van der Waals surface area (Å²) in [4.78, 5) is 9.27. The third-order valence-corrected chi connectivity index (χ3v) is 8.37. The number of aryl methyl sites for hydroxylation is 1. The summed E-state index contributed by atoms with van der Waals surface area (Å²) < 4.78 is 6.09. The van der Waals surface area contributed by atoms with E-state index in [2.05, 4.69) is 104 Å². The predicted molar refractivity (Wildman–Crippen MR) is 168 cm³/mol. The molecule has 0 saturated carbocycles. The highest BCUT2D eigenvalue weighted by Crippen LogP contribution is 2.45. The number of pyridine rings is 1. The highest BCUT2D eigenvalue weighted by molar-refractivity contribution is 7.80. The second-order valence-electron chi connectivity index (χ2n) is 11.2. The molecule has 5 nitrogen and oxygen atoms in total. The van der Waals surface area contributed by atoms with Crippen LogP contribution < -0.4 is 19.9 Å². The first-order valence-corrected chi connectivity index (χ1v) is 14.0. The van der Waals surface area contributed by atoms with E-state index in [1.807, 2.05) is 42.6 Å². The van der Waals surface area contributed by atoms with Crippen molar-refractivity contribution in [1.82, 2.24) is 10.3 Å². The van der Waals surface area contributed by atoms with E-state index in [-0.39, 0.29) is 17.6 Å². The monoisotopic (exact) mass is 546 g/mol. The molecule has 1 N–H and O–H groups in total. The van der Waals surface area contributed by atoms with Crippen LogP contribution in [-0.4, -0.2) is 22.7 Å². The Hall–Kier alpha value is -4.16. The summed E-state index contributed by atoms with van der Waals surface area (Å²) >= 11 is 5.96. The molecule has 4 aromatic rings. The molecule has 0 bridgehead atoms. The number of ether oxygens (including phenoxy) is 1. The van der Waals surface area contributed by atoms with Crippen LogP contribution in [0.3, 0.4) is 0 Å². The molecule has 0 radical (unpaired) electrons. The highest BCUT2D eigenvalue weighted by atomic mass is 32.1. The minimum absolute atomic E-state index is 0.0417. The van der Waals surface area contributed by atoms with Gasteiger partial charge in [-0.2, -0.15) is 0 Å². The van der Waals surface area contributed by atoms with E-state index in [1.54, 1.807) is 0 Å². The maximum Gasteiger partial charge on any atom is 0.174 e. The molecule has 2 atom stereocenters. The largest absolute Gasteiger partial charge is 0.457 e. The number of likely N-dealkylation sites (N-methyl/N-ethyl adjacent to an activating group) is 1. The molecular formula is C34H34N4OS. The van der Waals surface area contributed by atoms with Gasteiger partial charge < -0.3 is 19.9 Å². The molecule has 6 rings (SSSR count). The van der Waals surface area contributed by atoms with Crippen molar-refractivity contribution in [3.05, 3.63) is 120 Å². The standard InChI is InChI=1S/C34H34N4OS/c1-22-9-14-26(15-10-22)39-27-16-12-25(13-17-27)38-32(31(36-33(38)40)29-8-6-7-19-35-29)24-11-18-30-28(20-24)23(2)21-34(3,4)37(30)5/h6-21,31-32H,1-5H3,(H,36,40)/t31-,32+/m0/s1. The van der Waals surface area contributed by atoms with Crippen molar-refractivity contribution in [2.24, 2.45) is 0 Å². The summed E-state index contributed by atoms with van der Waals surface area (Å²) in [7, 11) is 2.16. The van der Waals surface area contributed by atoms with Gasteiger partial charge in [0.25, 0.3) is 0 Å². The lowest BCUT2D eigenvalue weighted by molar-refractivity contribution is 0.482. The Morgan fingerprint density at radius 2 is 1.60 bits per heavy atom. The van der Waals surface area contributed by atoms with Gasteiger partial charge in [0, 0.05) is 30.2 Å². The number of hydrogen-bond donors (Lipinski definition) is 1. The van der Waals surface area contributed by atoms with E-state index >= 15 is 0 Å². The van der Waals surface area contributed by atoms with Crippen molar-refractivity contribution in [3.8, 4) is 11.5 Å². The molecule has 3 heterocycles. The second kappa shape index (κ2) is 10.1. The van der Waals surface area contributed by atoms with Gasteiger partial charge >= 0.3 is 0 Å². The van der Waals surface area contributed by atoms with Crippen LogP contribution in [0.4, 0.5) is 11.4 Å². The maximum atomic E-state index is 6.09. The number of nitrogens with one attached hydrogen (secondary N) is 1. The first kappa shape index (κ1) is 26.1. The Morgan fingerprint density at radius 1 is 0.900 bits per heavy atom. The zero-order valence-electron chi connectivity index (χ0n) is 23.6. The molecule has 40 heavy (non-hydrogen) atoms. The molecule has 6 heteroatoms. The second-order valence-corrected chi connectivity index (χ2v) is 11.6. The normalized spacial score (nSPS) is 19.6. The zero-order valence-corrected chi connectivity index (χ0v) is 24.4. The SMILES string of the molecule is CC1=CC(C)(C)N(C)c2ccc([C@@H]3[C@H](c4ccccn4)NC(=S)N3c3ccc(Oc4ccc(C)cc4)cc3)cc21. The van der Waals surface area contributed by atoms with Crippen LogP contribution in [-0.2, 0) is 0 Å². The molecule has 1 aromatic heterocycles. The van der Waals surface area contributed by atoms with E-state index in [9.17, 15) is 0 Å². The summed E-state index contributed by atoms with van der Waals surface area (Å²) in [6.07, 6.45) is 4.19. The van der Waals surface area contributed by atoms with Gasteiger partial charge in [-0.15, -0.1) is 0 Å².